The number of aromatic nitrogens is 2. The van der Waals surface area contributed by atoms with Crippen molar-refractivity contribution in [3.8, 4) is 11.1 Å². The lowest BCUT2D eigenvalue weighted by molar-refractivity contribution is 0.0781. The minimum Gasteiger partial charge on any atom is -0.387 e. The van der Waals surface area contributed by atoms with Crippen molar-refractivity contribution in [3.63, 3.8) is 0 Å². The predicted molar refractivity (Wildman–Crippen MR) is 105 cm³/mol. The maximum atomic E-state index is 12.9. The molecule has 1 amide bonds. The fourth-order valence-electron chi connectivity index (χ4n) is 3.98. The summed E-state index contributed by atoms with van der Waals surface area (Å²) in [7, 11) is 0. The molecule has 27 heavy (non-hydrogen) atoms. The highest BCUT2D eigenvalue weighted by Gasteiger charge is 2.26. The van der Waals surface area contributed by atoms with Gasteiger partial charge in [-0.15, -0.1) is 0 Å². The van der Waals surface area contributed by atoms with Crippen molar-refractivity contribution < 1.29 is 4.79 Å². The number of nitrogens with two attached hydrogens (primary N) is 1. The normalized spacial score (nSPS) is 18.8. The lowest BCUT2D eigenvalue weighted by Gasteiger charge is -2.15. The van der Waals surface area contributed by atoms with Crippen molar-refractivity contribution in [3.05, 3.63) is 54.0 Å². The van der Waals surface area contributed by atoms with E-state index in [4.69, 9.17) is 5.73 Å². The van der Waals surface area contributed by atoms with E-state index in [1.807, 2.05) is 27.6 Å². The highest BCUT2D eigenvalue weighted by Crippen LogP contribution is 2.31. The fourth-order valence-corrected chi connectivity index (χ4v) is 3.98. The summed E-state index contributed by atoms with van der Waals surface area (Å²) in [4.78, 5) is 23.7. The number of carbonyl (C=O) groups is 1. The molecule has 2 N–H and O–H groups in total. The number of pyridine rings is 1. The van der Waals surface area contributed by atoms with Crippen LogP contribution < -0.4 is 5.73 Å². The predicted octanol–water partition coefficient (Wildman–Crippen LogP) is 3.03. The molecule has 0 radical (unpaired) electrons. The number of likely N-dealkylation sites (tertiary alicyclic amines) is 1. The first-order valence-electron chi connectivity index (χ1n) is 9.31. The van der Waals surface area contributed by atoms with Gasteiger partial charge in [0.05, 0.1) is 11.9 Å². The van der Waals surface area contributed by atoms with E-state index in [0.29, 0.717) is 23.9 Å². The van der Waals surface area contributed by atoms with Crippen molar-refractivity contribution in [2.45, 2.75) is 19.8 Å². The van der Waals surface area contributed by atoms with Gasteiger partial charge in [-0.1, -0.05) is 19.1 Å². The molecule has 6 nitrogen and oxygen atoms in total. The molecule has 1 atom stereocenters. The van der Waals surface area contributed by atoms with Crippen LogP contribution in [0.1, 0.15) is 29.4 Å². The number of fused-ring (bicyclic) bond motifs is 2. The van der Waals surface area contributed by atoms with Gasteiger partial charge in [-0.2, -0.15) is 0 Å². The Kier molecular flexibility index (Phi) is 3.53. The molecular formula is C21H21N5O. The molecule has 1 aromatic carbocycles. The molecule has 0 spiro atoms. The van der Waals surface area contributed by atoms with Gasteiger partial charge in [0.1, 0.15) is 17.2 Å². The molecule has 2 aliphatic rings. The zero-order valence-electron chi connectivity index (χ0n) is 15.2. The first-order chi connectivity index (χ1) is 13.1. The Morgan fingerprint density at radius 3 is 2.89 bits per heavy atom. The minimum absolute atomic E-state index is 0.0512. The quantitative estimate of drug-likeness (QED) is 0.764. The largest absolute Gasteiger partial charge is 0.387 e. The number of amides is 1. The maximum absolute atomic E-state index is 12.9. The van der Waals surface area contributed by atoms with E-state index in [1.54, 1.807) is 6.20 Å². The van der Waals surface area contributed by atoms with Gasteiger partial charge in [0.15, 0.2) is 0 Å². The Morgan fingerprint density at radius 1 is 1.22 bits per heavy atom. The van der Waals surface area contributed by atoms with Crippen LogP contribution in [-0.2, 0) is 6.42 Å². The number of carbonyl (C=O) groups excluding carboxylic acids is 1. The van der Waals surface area contributed by atoms with E-state index in [-0.39, 0.29) is 5.91 Å². The van der Waals surface area contributed by atoms with Crippen LogP contribution in [0, 0.1) is 5.92 Å². The van der Waals surface area contributed by atoms with Crippen molar-refractivity contribution in [1.29, 1.82) is 0 Å². The van der Waals surface area contributed by atoms with Crippen LogP contribution in [0.5, 0.6) is 0 Å². The number of nitrogens with zero attached hydrogens (tertiary/aromatic N) is 4. The van der Waals surface area contributed by atoms with Crippen LogP contribution in [0.3, 0.4) is 0 Å². The molecule has 2 aliphatic heterocycles. The maximum Gasteiger partial charge on any atom is 0.272 e. The number of benzene rings is 1. The monoisotopic (exact) mass is 359 g/mol. The number of amidine groups is 1. The Hall–Kier alpha value is -3.15. The molecule has 0 bridgehead atoms. The average Bonchev–Trinajstić information content (AvgIpc) is 3.36. The summed E-state index contributed by atoms with van der Waals surface area (Å²) in [6.45, 7) is 3.82. The Morgan fingerprint density at radius 2 is 2.07 bits per heavy atom. The summed E-state index contributed by atoms with van der Waals surface area (Å²) in [6, 6.07) is 10.2. The molecule has 0 saturated carbocycles. The number of aliphatic imine (C=N–C) groups is 1. The number of rotatable bonds is 2. The Bertz CT molecular complexity index is 1100. The van der Waals surface area contributed by atoms with E-state index in [0.717, 1.165) is 47.5 Å². The van der Waals surface area contributed by atoms with Gasteiger partial charge < -0.3 is 10.6 Å². The van der Waals surface area contributed by atoms with Crippen LogP contribution in [0.15, 0.2) is 47.7 Å². The van der Waals surface area contributed by atoms with Gasteiger partial charge in [-0.3, -0.25) is 9.20 Å². The van der Waals surface area contributed by atoms with Gasteiger partial charge in [0.25, 0.3) is 5.91 Å². The zero-order valence-corrected chi connectivity index (χ0v) is 15.2. The van der Waals surface area contributed by atoms with Gasteiger partial charge in [0.2, 0.25) is 0 Å². The van der Waals surface area contributed by atoms with Crippen LogP contribution in [0.25, 0.3) is 16.8 Å². The van der Waals surface area contributed by atoms with Crippen molar-refractivity contribution in [2.75, 3.05) is 13.1 Å². The Balaban J connectivity index is 1.54. The van der Waals surface area contributed by atoms with E-state index in [2.05, 4.69) is 35.1 Å². The van der Waals surface area contributed by atoms with E-state index >= 15 is 0 Å². The van der Waals surface area contributed by atoms with Crippen molar-refractivity contribution >= 4 is 23.1 Å². The summed E-state index contributed by atoms with van der Waals surface area (Å²) in [5, 5.41) is 0. The van der Waals surface area contributed by atoms with E-state index in [1.165, 1.54) is 0 Å². The summed E-state index contributed by atoms with van der Waals surface area (Å²) < 4.78 is 1.89. The molecule has 0 aliphatic carbocycles. The third kappa shape index (κ3) is 2.68. The first kappa shape index (κ1) is 16.1. The molecule has 3 aromatic rings. The smallest absolute Gasteiger partial charge is 0.272 e. The SMILES string of the molecule is CC1CCN(C(=O)c2cnc3ccc(-c4ccc5c(c4)N=C(N)C5)cn23)C1. The third-order valence-corrected chi connectivity index (χ3v) is 5.49. The second-order valence-electron chi connectivity index (χ2n) is 7.56. The number of hydrogen-bond acceptors (Lipinski definition) is 4. The van der Waals surface area contributed by atoms with Crippen LogP contribution in [-0.4, -0.2) is 39.1 Å². The molecule has 1 saturated heterocycles. The first-order valence-corrected chi connectivity index (χ1v) is 9.31. The lowest BCUT2D eigenvalue weighted by Crippen LogP contribution is -2.29. The standard InChI is InChI=1S/C21H21N5O/c1-13-6-7-25(11-13)21(27)18-10-23-20-5-4-16(12-26(18)20)14-2-3-15-9-19(22)24-17(15)8-14/h2-5,8,10,12-13H,6-7,9,11H2,1H3,(H2,22,24). The van der Waals surface area contributed by atoms with Gasteiger partial charge >= 0.3 is 0 Å². The van der Waals surface area contributed by atoms with Crippen molar-refractivity contribution in [1.82, 2.24) is 14.3 Å². The lowest BCUT2D eigenvalue weighted by atomic mass is 10.0. The van der Waals surface area contributed by atoms with Crippen LogP contribution in [0.4, 0.5) is 5.69 Å². The zero-order chi connectivity index (χ0) is 18.5. The van der Waals surface area contributed by atoms with Crippen LogP contribution in [0.2, 0.25) is 0 Å². The highest BCUT2D eigenvalue weighted by molar-refractivity contribution is 5.94. The van der Waals surface area contributed by atoms with Gasteiger partial charge in [-0.05, 0) is 47.2 Å². The molecular weight excluding hydrogens is 338 g/mol. The van der Waals surface area contributed by atoms with Crippen LogP contribution >= 0.6 is 0 Å². The van der Waals surface area contributed by atoms with E-state index < -0.39 is 0 Å². The number of imidazole rings is 1. The summed E-state index contributed by atoms with van der Waals surface area (Å²) in [5.41, 5.74) is 11.4. The van der Waals surface area contributed by atoms with Gasteiger partial charge in [-0.25, -0.2) is 9.98 Å². The molecule has 6 heteroatoms. The minimum atomic E-state index is 0.0512. The molecule has 5 rings (SSSR count). The van der Waals surface area contributed by atoms with Gasteiger partial charge in [0, 0.05) is 25.7 Å². The number of hydrogen-bond donors (Lipinski definition) is 1. The molecule has 2 aromatic heterocycles. The summed E-state index contributed by atoms with van der Waals surface area (Å²) in [6.07, 6.45) is 5.44. The molecule has 1 unspecified atom stereocenters. The molecule has 4 heterocycles. The summed E-state index contributed by atoms with van der Waals surface area (Å²) >= 11 is 0. The third-order valence-electron chi connectivity index (χ3n) is 5.49. The molecule has 1 fully saturated rings. The second kappa shape index (κ2) is 5.94. The van der Waals surface area contributed by atoms with Crippen molar-refractivity contribution in [2.24, 2.45) is 16.6 Å². The highest BCUT2D eigenvalue weighted by atomic mass is 16.2. The summed E-state index contributed by atoms with van der Waals surface area (Å²) in [5.74, 6) is 1.26. The molecule has 136 valence electrons. The fraction of sp³-hybridized carbons (Fsp3) is 0.286. The van der Waals surface area contributed by atoms with E-state index in [9.17, 15) is 4.79 Å². The average molecular weight is 359 g/mol. The topological polar surface area (TPSA) is 76.0 Å². The Labute approximate surface area is 157 Å². The second-order valence-corrected chi connectivity index (χ2v) is 7.56.